The fourth-order valence-electron chi connectivity index (χ4n) is 3.78. The van der Waals surface area contributed by atoms with E-state index >= 15 is 0 Å². The molecule has 0 bridgehead atoms. The number of rotatable bonds is 4. The van der Waals surface area contributed by atoms with Crippen molar-refractivity contribution >= 4 is 5.91 Å². The molecule has 6 nitrogen and oxygen atoms in total. The Hall–Kier alpha value is -3.06. The van der Waals surface area contributed by atoms with Crippen LogP contribution >= 0.6 is 0 Å². The molecule has 2 N–H and O–H groups in total. The van der Waals surface area contributed by atoms with Gasteiger partial charge in [0.15, 0.2) is 0 Å². The second-order valence-corrected chi connectivity index (χ2v) is 7.73. The van der Waals surface area contributed by atoms with Crippen LogP contribution in [0.25, 0.3) is 5.69 Å². The minimum Gasteiger partial charge on any atom is -0.334 e. The second-order valence-electron chi connectivity index (χ2n) is 7.73. The summed E-state index contributed by atoms with van der Waals surface area (Å²) < 4.78 is 15.2. The number of likely N-dealkylation sites (tertiary alicyclic amines) is 1. The Bertz CT molecular complexity index is 1020. The first-order chi connectivity index (χ1) is 13.9. The van der Waals surface area contributed by atoms with Crippen molar-refractivity contribution in [3.8, 4) is 5.69 Å². The van der Waals surface area contributed by atoms with Gasteiger partial charge in [-0.25, -0.2) is 14.1 Å². The van der Waals surface area contributed by atoms with Crippen LogP contribution in [0.4, 0.5) is 4.39 Å². The highest BCUT2D eigenvalue weighted by Gasteiger charge is 2.36. The van der Waals surface area contributed by atoms with E-state index < -0.39 is 0 Å². The van der Waals surface area contributed by atoms with Gasteiger partial charge < -0.3 is 10.6 Å². The van der Waals surface area contributed by atoms with Crippen molar-refractivity contribution in [2.24, 2.45) is 5.73 Å². The van der Waals surface area contributed by atoms with Crippen LogP contribution in [0.5, 0.6) is 0 Å². The summed E-state index contributed by atoms with van der Waals surface area (Å²) in [7, 11) is 0. The van der Waals surface area contributed by atoms with Crippen molar-refractivity contribution in [2.75, 3.05) is 13.1 Å². The van der Waals surface area contributed by atoms with Crippen LogP contribution in [0.15, 0.2) is 54.6 Å². The van der Waals surface area contributed by atoms with Gasteiger partial charge >= 0.3 is 0 Å². The Labute approximate surface area is 169 Å². The van der Waals surface area contributed by atoms with Crippen molar-refractivity contribution < 1.29 is 9.18 Å². The molecule has 3 aromatic rings. The Morgan fingerprint density at radius 2 is 1.90 bits per heavy atom. The van der Waals surface area contributed by atoms with E-state index in [0.29, 0.717) is 24.6 Å². The number of carbonyl (C=O) groups excluding carboxylic acids is 1. The van der Waals surface area contributed by atoms with Gasteiger partial charge in [-0.2, -0.15) is 0 Å². The van der Waals surface area contributed by atoms with Crippen molar-refractivity contribution in [2.45, 2.75) is 31.7 Å². The largest absolute Gasteiger partial charge is 0.334 e. The monoisotopic (exact) mass is 393 g/mol. The normalized spacial score (nSPS) is 19.1. The second kappa shape index (κ2) is 7.75. The molecule has 1 amide bonds. The molecule has 1 saturated heterocycles. The van der Waals surface area contributed by atoms with Gasteiger partial charge in [-0.1, -0.05) is 50.2 Å². The van der Waals surface area contributed by atoms with Crippen LogP contribution in [0.2, 0.25) is 0 Å². The Balaban J connectivity index is 1.62. The molecule has 150 valence electrons. The highest BCUT2D eigenvalue weighted by atomic mass is 19.1. The molecule has 0 radical (unpaired) electrons. The smallest absolute Gasteiger partial charge is 0.293 e. The molecule has 4 rings (SSSR count). The molecule has 7 heteroatoms. The third kappa shape index (κ3) is 3.78. The van der Waals surface area contributed by atoms with Crippen LogP contribution < -0.4 is 5.73 Å². The number of carbonyl (C=O) groups is 1. The van der Waals surface area contributed by atoms with Crippen LogP contribution in [0.1, 0.15) is 47.7 Å². The van der Waals surface area contributed by atoms with Gasteiger partial charge in [-0.05, 0) is 23.8 Å². The lowest BCUT2D eigenvalue weighted by atomic mass is 9.95. The Morgan fingerprint density at radius 1 is 1.14 bits per heavy atom. The van der Waals surface area contributed by atoms with Gasteiger partial charge in [0.2, 0.25) is 5.82 Å². The van der Waals surface area contributed by atoms with Gasteiger partial charge in [-0.15, -0.1) is 5.10 Å². The molecule has 2 aromatic carbocycles. The van der Waals surface area contributed by atoms with Crippen molar-refractivity contribution in [3.05, 3.63) is 77.6 Å². The molecule has 1 aliphatic heterocycles. The summed E-state index contributed by atoms with van der Waals surface area (Å²) >= 11 is 0. The molecule has 0 spiro atoms. The van der Waals surface area contributed by atoms with E-state index in [-0.39, 0.29) is 35.4 Å². The standard InChI is InChI=1S/C22H24FN5O/c1-14(2)21-25-20(26-28(21)17-10-6-9-16(23)11-17)22(29)27-12-18(19(24)13-27)15-7-4-3-5-8-15/h3-11,14,18-19H,12-13,24H2,1-2H3/t18-,19+/m0/s1. The van der Waals surface area contributed by atoms with Crippen molar-refractivity contribution in [1.82, 2.24) is 19.7 Å². The van der Waals surface area contributed by atoms with Crippen LogP contribution in [0.3, 0.4) is 0 Å². The third-order valence-electron chi connectivity index (χ3n) is 5.27. The lowest BCUT2D eigenvalue weighted by molar-refractivity contribution is 0.0777. The summed E-state index contributed by atoms with van der Waals surface area (Å²) in [6.07, 6.45) is 0. The number of amides is 1. The summed E-state index contributed by atoms with van der Waals surface area (Å²) in [5.41, 5.74) is 7.99. The summed E-state index contributed by atoms with van der Waals surface area (Å²) in [6, 6.07) is 16.0. The molecular formula is C22H24FN5O. The Morgan fingerprint density at radius 3 is 2.59 bits per heavy atom. The molecule has 1 fully saturated rings. The number of halogens is 1. The van der Waals surface area contributed by atoms with Gasteiger partial charge in [0, 0.05) is 31.0 Å². The fourth-order valence-corrected chi connectivity index (χ4v) is 3.78. The number of benzene rings is 2. The van der Waals surface area contributed by atoms with Crippen molar-refractivity contribution in [1.29, 1.82) is 0 Å². The first-order valence-electron chi connectivity index (χ1n) is 9.76. The average Bonchev–Trinajstić information content (AvgIpc) is 3.32. The minimum absolute atomic E-state index is 0.0187. The van der Waals surface area contributed by atoms with Crippen LogP contribution in [-0.2, 0) is 0 Å². The third-order valence-corrected chi connectivity index (χ3v) is 5.27. The molecule has 2 heterocycles. The maximum atomic E-state index is 13.7. The molecule has 29 heavy (non-hydrogen) atoms. The highest BCUT2D eigenvalue weighted by Crippen LogP contribution is 2.27. The van der Waals surface area contributed by atoms with E-state index in [1.165, 1.54) is 12.1 Å². The first kappa shape index (κ1) is 19.3. The lowest BCUT2D eigenvalue weighted by Crippen LogP contribution is -2.32. The van der Waals surface area contributed by atoms with E-state index in [1.54, 1.807) is 21.7 Å². The molecule has 0 aliphatic carbocycles. The van der Waals surface area contributed by atoms with Crippen LogP contribution in [-0.4, -0.2) is 44.7 Å². The molecule has 1 aliphatic rings. The van der Waals surface area contributed by atoms with Crippen LogP contribution in [0, 0.1) is 5.82 Å². The van der Waals surface area contributed by atoms with Gasteiger partial charge in [0.25, 0.3) is 5.91 Å². The molecule has 0 unspecified atom stereocenters. The zero-order valence-corrected chi connectivity index (χ0v) is 16.5. The predicted octanol–water partition coefficient (Wildman–Crippen LogP) is 3.10. The Kier molecular flexibility index (Phi) is 5.15. The molecular weight excluding hydrogens is 369 g/mol. The first-order valence-corrected chi connectivity index (χ1v) is 9.76. The summed E-state index contributed by atoms with van der Waals surface area (Å²) in [4.78, 5) is 19.3. The van der Waals surface area contributed by atoms with Gasteiger partial charge in [0.05, 0.1) is 5.69 Å². The molecule has 2 atom stereocenters. The van der Waals surface area contributed by atoms with E-state index in [4.69, 9.17) is 5.73 Å². The maximum Gasteiger partial charge on any atom is 0.293 e. The number of hydrogen-bond donors (Lipinski definition) is 1. The van der Waals surface area contributed by atoms with E-state index in [0.717, 1.165) is 5.56 Å². The lowest BCUT2D eigenvalue weighted by Gasteiger charge is -2.14. The van der Waals surface area contributed by atoms with Gasteiger partial charge in [-0.3, -0.25) is 4.79 Å². The topological polar surface area (TPSA) is 77.0 Å². The number of aromatic nitrogens is 3. The maximum absolute atomic E-state index is 13.7. The van der Waals surface area contributed by atoms with E-state index in [2.05, 4.69) is 10.1 Å². The van der Waals surface area contributed by atoms with Gasteiger partial charge in [0.1, 0.15) is 11.6 Å². The highest BCUT2D eigenvalue weighted by molar-refractivity contribution is 5.91. The summed E-state index contributed by atoms with van der Waals surface area (Å²) in [6.45, 7) is 4.90. The average molecular weight is 393 g/mol. The number of nitrogens with two attached hydrogens (primary N) is 1. The fraction of sp³-hybridized carbons (Fsp3) is 0.318. The summed E-state index contributed by atoms with van der Waals surface area (Å²) in [5.74, 6) is 0.203. The zero-order valence-electron chi connectivity index (χ0n) is 16.5. The molecule has 1 aromatic heterocycles. The SMILES string of the molecule is CC(C)c1nc(C(=O)N2C[C@@H](N)[C@H](c3ccccc3)C2)nn1-c1cccc(F)c1. The minimum atomic E-state index is -0.364. The number of nitrogens with zero attached hydrogens (tertiary/aromatic N) is 4. The van der Waals surface area contributed by atoms with Crippen molar-refractivity contribution in [3.63, 3.8) is 0 Å². The van der Waals surface area contributed by atoms with E-state index in [1.807, 2.05) is 44.2 Å². The molecule has 0 saturated carbocycles. The number of hydrogen-bond acceptors (Lipinski definition) is 4. The quantitative estimate of drug-likeness (QED) is 0.739. The zero-order chi connectivity index (χ0) is 20.5. The van der Waals surface area contributed by atoms with E-state index in [9.17, 15) is 9.18 Å². The predicted molar refractivity (Wildman–Crippen MR) is 108 cm³/mol. The summed E-state index contributed by atoms with van der Waals surface area (Å²) in [5, 5.41) is 4.42.